The summed E-state index contributed by atoms with van der Waals surface area (Å²) in [6.45, 7) is 6.40. The van der Waals surface area contributed by atoms with Gasteiger partial charge < -0.3 is 10.2 Å². The Kier molecular flexibility index (Phi) is 3.20. The Morgan fingerprint density at radius 2 is 1.86 bits per heavy atom. The fourth-order valence-corrected chi connectivity index (χ4v) is 2.21. The van der Waals surface area contributed by atoms with E-state index in [1.807, 2.05) is 0 Å². The van der Waals surface area contributed by atoms with Crippen molar-refractivity contribution in [3.05, 3.63) is 0 Å². The van der Waals surface area contributed by atoms with Gasteiger partial charge in [0.05, 0.1) is 12.0 Å². The van der Waals surface area contributed by atoms with Crippen LogP contribution in [-0.2, 0) is 4.79 Å². The highest BCUT2D eigenvalue weighted by Gasteiger charge is 2.38. The first-order chi connectivity index (χ1) is 6.32. The summed E-state index contributed by atoms with van der Waals surface area (Å²) in [7, 11) is 0. The molecule has 3 heteroatoms. The van der Waals surface area contributed by atoms with Gasteiger partial charge in [-0.15, -0.1) is 0 Å². The largest absolute Gasteiger partial charge is 0.481 e. The zero-order valence-corrected chi connectivity index (χ0v) is 9.16. The van der Waals surface area contributed by atoms with Crippen molar-refractivity contribution in [1.82, 2.24) is 0 Å². The van der Waals surface area contributed by atoms with E-state index in [1.165, 1.54) is 0 Å². The Morgan fingerprint density at radius 3 is 2.29 bits per heavy atom. The number of rotatable bonds is 1. The normalized spacial score (nSPS) is 34.1. The van der Waals surface area contributed by atoms with Crippen molar-refractivity contribution in [2.24, 2.45) is 17.3 Å². The van der Waals surface area contributed by atoms with Gasteiger partial charge in [0, 0.05) is 0 Å². The monoisotopic (exact) mass is 200 g/mol. The molecule has 1 fully saturated rings. The molecular formula is C11H20O3. The molecule has 0 spiro atoms. The van der Waals surface area contributed by atoms with Crippen molar-refractivity contribution in [3.8, 4) is 0 Å². The predicted molar refractivity (Wildman–Crippen MR) is 53.9 cm³/mol. The van der Waals surface area contributed by atoms with Gasteiger partial charge in [-0.2, -0.15) is 0 Å². The summed E-state index contributed by atoms with van der Waals surface area (Å²) in [6.07, 6.45) is 1.53. The number of carbonyl (C=O) groups is 1. The Morgan fingerprint density at radius 1 is 1.29 bits per heavy atom. The smallest absolute Gasteiger partial charge is 0.309 e. The van der Waals surface area contributed by atoms with Crippen molar-refractivity contribution < 1.29 is 15.0 Å². The van der Waals surface area contributed by atoms with Crippen molar-refractivity contribution in [2.45, 2.75) is 46.1 Å². The van der Waals surface area contributed by atoms with Gasteiger partial charge in [-0.25, -0.2) is 0 Å². The summed E-state index contributed by atoms with van der Waals surface area (Å²) in [4.78, 5) is 10.9. The summed E-state index contributed by atoms with van der Waals surface area (Å²) in [5, 5.41) is 18.5. The highest BCUT2D eigenvalue weighted by molar-refractivity contribution is 5.70. The molecule has 0 unspecified atom stereocenters. The van der Waals surface area contributed by atoms with Crippen LogP contribution in [-0.4, -0.2) is 22.3 Å². The van der Waals surface area contributed by atoms with Gasteiger partial charge in [0.2, 0.25) is 0 Å². The van der Waals surface area contributed by atoms with Gasteiger partial charge in [0.25, 0.3) is 0 Å². The van der Waals surface area contributed by atoms with Crippen molar-refractivity contribution in [2.75, 3.05) is 0 Å². The zero-order valence-electron chi connectivity index (χ0n) is 9.16. The molecule has 82 valence electrons. The molecule has 0 heterocycles. The topological polar surface area (TPSA) is 57.5 Å². The molecule has 0 saturated heterocycles. The maximum Gasteiger partial charge on any atom is 0.309 e. The van der Waals surface area contributed by atoms with E-state index in [9.17, 15) is 9.90 Å². The van der Waals surface area contributed by atoms with E-state index in [-0.39, 0.29) is 5.41 Å². The van der Waals surface area contributed by atoms with E-state index in [0.717, 1.165) is 6.42 Å². The van der Waals surface area contributed by atoms with Gasteiger partial charge in [0.15, 0.2) is 0 Å². The maximum absolute atomic E-state index is 10.9. The third-order valence-corrected chi connectivity index (χ3v) is 3.36. The van der Waals surface area contributed by atoms with Crippen molar-refractivity contribution in [1.29, 1.82) is 0 Å². The van der Waals surface area contributed by atoms with Crippen LogP contribution in [0.4, 0.5) is 0 Å². The first kappa shape index (κ1) is 11.5. The third kappa shape index (κ3) is 2.47. The molecule has 0 aromatic heterocycles. The lowest BCUT2D eigenvalue weighted by atomic mass is 9.68. The standard InChI is InChI=1S/C11H20O3/c1-11(2,3)7-4-5-9(12)8(6-7)10(13)14/h7-9,12H,4-6H2,1-3H3,(H,13,14)/t7-,8-,9+/m1/s1. The van der Waals surface area contributed by atoms with Crippen LogP contribution in [0.5, 0.6) is 0 Å². The molecule has 0 aliphatic heterocycles. The van der Waals surface area contributed by atoms with Crippen LogP contribution in [0.2, 0.25) is 0 Å². The molecule has 1 aliphatic carbocycles. The third-order valence-electron chi connectivity index (χ3n) is 3.36. The average Bonchev–Trinajstić information content (AvgIpc) is 2.02. The van der Waals surface area contributed by atoms with Crippen LogP contribution in [0.15, 0.2) is 0 Å². The van der Waals surface area contributed by atoms with Crippen LogP contribution in [0, 0.1) is 17.3 Å². The number of carboxylic acids is 1. The minimum absolute atomic E-state index is 0.147. The van der Waals surface area contributed by atoms with Gasteiger partial charge in [0.1, 0.15) is 0 Å². The highest BCUT2D eigenvalue weighted by Crippen LogP contribution is 2.40. The zero-order chi connectivity index (χ0) is 10.9. The Bertz CT molecular complexity index is 217. The summed E-state index contributed by atoms with van der Waals surface area (Å²) in [6, 6.07) is 0. The van der Waals surface area contributed by atoms with E-state index < -0.39 is 18.0 Å². The summed E-state index contributed by atoms with van der Waals surface area (Å²) in [5.74, 6) is -1.01. The molecule has 1 aliphatic rings. The number of hydrogen-bond acceptors (Lipinski definition) is 2. The van der Waals surface area contributed by atoms with Gasteiger partial charge >= 0.3 is 5.97 Å². The Hall–Kier alpha value is -0.570. The van der Waals surface area contributed by atoms with E-state index in [0.29, 0.717) is 18.8 Å². The van der Waals surface area contributed by atoms with Crippen LogP contribution in [0.1, 0.15) is 40.0 Å². The fraction of sp³-hybridized carbons (Fsp3) is 0.909. The minimum atomic E-state index is -0.855. The number of aliphatic hydroxyl groups excluding tert-OH is 1. The second-order valence-corrected chi connectivity index (χ2v) is 5.39. The van der Waals surface area contributed by atoms with Gasteiger partial charge in [-0.3, -0.25) is 4.79 Å². The number of aliphatic hydroxyl groups is 1. The summed E-state index contributed by atoms with van der Waals surface area (Å²) < 4.78 is 0. The van der Waals surface area contributed by atoms with E-state index in [2.05, 4.69) is 20.8 Å². The summed E-state index contributed by atoms with van der Waals surface area (Å²) >= 11 is 0. The Balaban J connectivity index is 2.67. The van der Waals surface area contributed by atoms with Crippen molar-refractivity contribution >= 4 is 5.97 Å². The number of aliphatic carboxylic acids is 1. The minimum Gasteiger partial charge on any atom is -0.481 e. The van der Waals surface area contributed by atoms with Gasteiger partial charge in [-0.1, -0.05) is 20.8 Å². The lowest BCUT2D eigenvalue weighted by Gasteiger charge is -2.38. The fourth-order valence-electron chi connectivity index (χ4n) is 2.21. The van der Waals surface area contributed by atoms with Crippen LogP contribution in [0.25, 0.3) is 0 Å². The second kappa shape index (κ2) is 3.89. The lowest BCUT2D eigenvalue weighted by molar-refractivity contribution is -0.149. The second-order valence-electron chi connectivity index (χ2n) is 5.39. The quantitative estimate of drug-likeness (QED) is 0.679. The molecule has 14 heavy (non-hydrogen) atoms. The lowest BCUT2D eigenvalue weighted by Crippen LogP contribution is -2.38. The molecule has 0 radical (unpaired) electrons. The molecule has 1 saturated carbocycles. The molecule has 0 bridgehead atoms. The van der Waals surface area contributed by atoms with Crippen LogP contribution >= 0.6 is 0 Å². The molecule has 0 aromatic rings. The molecule has 3 atom stereocenters. The maximum atomic E-state index is 10.9. The van der Waals surface area contributed by atoms with E-state index in [1.54, 1.807) is 0 Å². The van der Waals surface area contributed by atoms with Gasteiger partial charge in [-0.05, 0) is 30.6 Å². The molecule has 3 nitrogen and oxygen atoms in total. The van der Waals surface area contributed by atoms with E-state index >= 15 is 0 Å². The first-order valence-electron chi connectivity index (χ1n) is 5.23. The first-order valence-corrected chi connectivity index (χ1v) is 5.23. The number of carboxylic acid groups (broad SMARTS) is 1. The molecule has 0 aromatic carbocycles. The predicted octanol–water partition coefficient (Wildman–Crippen LogP) is 1.89. The van der Waals surface area contributed by atoms with Crippen molar-refractivity contribution in [3.63, 3.8) is 0 Å². The van der Waals surface area contributed by atoms with Crippen LogP contribution in [0.3, 0.4) is 0 Å². The molecule has 1 rings (SSSR count). The number of hydrogen-bond donors (Lipinski definition) is 2. The van der Waals surface area contributed by atoms with E-state index in [4.69, 9.17) is 5.11 Å². The average molecular weight is 200 g/mol. The highest BCUT2D eigenvalue weighted by atomic mass is 16.4. The SMILES string of the molecule is CC(C)(C)[C@@H]1CC[C@H](O)[C@H](C(=O)O)C1. The molecular weight excluding hydrogens is 180 g/mol. The van der Waals surface area contributed by atoms with Crippen LogP contribution < -0.4 is 0 Å². The summed E-state index contributed by atoms with van der Waals surface area (Å²) in [5.41, 5.74) is 0.147. The molecule has 2 N–H and O–H groups in total. The molecule has 0 amide bonds. The Labute approximate surface area is 85.1 Å².